The number of nitrogens with one attached hydrogen (secondary N) is 2. The zero-order chi connectivity index (χ0) is 18.8. The van der Waals surface area contributed by atoms with Gasteiger partial charge in [-0.25, -0.2) is 0 Å². The standard InChI is InChI=1S/C19H23N5O2S/c1-12(10-26-2)21-17(25)11-27-19-23-22-18(24(19)13-7-8-13)15-9-20-16-6-4-3-5-14(15)16/h3-6,9,12-13,20H,7-8,10-11H2,1-2H3,(H,21,25). The molecule has 4 rings (SSSR count). The van der Waals surface area contributed by atoms with Crippen LogP contribution in [0.15, 0.2) is 35.6 Å². The number of aromatic amines is 1. The van der Waals surface area contributed by atoms with Gasteiger partial charge in [0.25, 0.3) is 0 Å². The van der Waals surface area contributed by atoms with Gasteiger partial charge < -0.3 is 15.0 Å². The normalized spacial score (nSPS) is 15.2. The van der Waals surface area contributed by atoms with Crippen LogP contribution in [-0.4, -0.2) is 51.2 Å². The fraction of sp³-hybridized carbons (Fsp3) is 0.421. The molecule has 1 saturated carbocycles. The Bertz CT molecular complexity index is 947. The van der Waals surface area contributed by atoms with Gasteiger partial charge in [0.2, 0.25) is 5.91 Å². The van der Waals surface area contributed by atoms with Gasteiger partial charge in [-0.3, -0.25) is 9.36 Å². The minimum Gasteiger partial charge on any atom is -0.383 e. The van der Waals surface area contributed by atoms with Gasteiger partial charge in [-0.15, -0.1) is 10.2 Å². The van der Waals surface area contributed by atoms with E-state index in [1.807, 2.05) is 25.3 Å². The molecule has 7 nitrogen and oxygen atoms in total. The first kappa shape index (κ1) is 18.1. The fourth-order valence-electron chi connectivity index (χ4n) is 3.22. The third-order valence-electron chi connectivity index (χ3n) is 4.56. The first-order valence-corrected chi connectivity index (χ1v) is 10.1. The summed E-state index contributed by atoms with van der Waals surface area (Å²) in [5.74, 6) is 1.15. The summed E-state index contributed by atoms with van der Waals surface area (Å²) in [6.07, 6.45) is 4.23. The molecule has 0 spiro atoms. The largest absolute Gasteiger partial charge is 0.383 e. The van der Waals surface area contributed by atoms with E-state index < -0.39 is 0 Å². The molecule has 2 aromatic heterocycles. The summed E-state index contributed by atoms with van der Waals surface area (Å²) in [5.41, 5.74) is 2.13. The van der Waals surface area contributed by atoms with Gasteiger partial charge in [0, 0.05) is 41.9 Å². The number of carbonyl (C=O) groups excluding carboxylic acids is 1. The first-order chi connectivity index (χ1) is 13.2. The van der Waals surface area contributed by atoms with Crippen LogP contribution in [0, 0.1) is 0 Å². The molecule has 8 heteroatoms. The number of para-hydroxylation sites is 1. The summed E-state index contributed by atoms with van der Waals surface area (Å²) in [7, 11) is 1.63. The maximum Gasteiger partial charge on any atom is 0.230 e. The van der Waals surface area contributed by atoms with Crippen LogP contribution in [0.1, 0.15) is 25.8 Å². The molecule has 1 aliphatic rings. The predicted molar refractivity (Wildman–Crippen MR) is 106 cm³/mol. The van der Waals surface area contributed by atoms with Crippen LogP contribution in [0.4, 0.5) is 0 Å². The Morgan fingerprint density at radius 1 is 1.41 bits per heavy atom. The van der Waals surface area contributed by atoms with Crippen molar-refractivity contribution >= 4 is 28.6 Å². The van der Waals surface area contributed by atoms with E-state index in [-0.39, 0.29) is 11.9 Å². The smallest absolute Gasteiger partial charge is 0.230 e. The van der Waals surface area contributed by atoms with Gasteiger partial charge in [0.05, 0.1) is 12.4 Å². The Labute approximate surface area is 161 Å². The minimum absolute atomic E-state index is 0.00816. The maximum absolute atomic E-state index is 12.2. The van der Waals surface area contributed by atoms with E-state index in [1.165, 1.54) is 11.8 Å². The minimum atomic E-state index is -0.0245. The molecular weight excluding hydrogens is 362 g/mol. The highest BCUT2D eigenvalue weighted by atomic mass is 32.2. The molecule has 1 fully saturated rings. The number of hydrogen-bond acceptors (Lipinski definition) is 5. The molecule has 1 aromatic carbocycles. The molecule has 1 atom stereocenters. The number of amides is 1. The molecule has 0 radical (unpaired) electrons. The SMILES string of the molecule is COCC(C)NC(=O)CSc1nnc(-c2c[nH]c3ccccc23)n1C1CC1. The number of fused-ring (bicyclic) bond motifs is 1. The Hall–Kier alpha value is -2.32. The molecule has 3 aromatic rings. The molecule has 1 unspecified atom stereocenters. The Morgan fingerprint density at radius 3 is 3.00 bits per heavy atom. The van der Waals surface area contributed by atoms with Gasteiger partial charge in [0.15, 0.2) is 11.0 Å². The Morgan fingerprint density at radius 2 is 2.22 bits per heavy atom. The van der Waals surface area contributed by atoms with Crippen molar-refractivity contribution in [1.29, 1.82) is 0 Å². The molecule has 0 bridgehead atoms. The van der Waals surface area contributed by atoms with E-state index in [1.54, 1.807) is 7.11 Å². The Balaban J connectivity index is 1.54. The predicted octanol–water partition coefficient (Wildman–Crippen LogP) is 3.00. The van der Waals surface area contributed by atoms with Crippen molar-refractivity contribution in [2.45, 2.75) is 37.0 Å². The van der Waals surface area contributed by atoms with Crippen molar-refractivity contribution in [3.63, 3.8) is 0 Å². The number of H-pyrrole nitrogens is 1. The third-order valence-corrected chi connectivity index (χ3v) is 5.51. The number of rotatable bonds is 8. The average molecular weight is 385 g/mol. The summed E-state index contributed by atoms with van der Waals surface area (Å²) in [5, 5.41) is 13.7. The molecule has 1 aliphatic carbocycles. The van der Waals surface area contributed by atoms with Crippen molar-refractivity contribution in [1.82, 2.24) is 25.1 Å². The highest BCUT2D eigenvalue weighted by Crippen LogP contribution is 2.42. The van der Waals surface area contributed by atoms with E-state index >= 15 is 0 Å². The number of thioether (sulfide) groups is 1. The monoisotopic (exact) mass is 385 g/mol. The third kappa shape index (κ3) is 3.86. The second-order valence-electron chi connectivity index (χ2n) is 6.87. The lowest BCUT2D eigenvalue weighted by Crippen LogP contribution is -2.36. The molecule has 27 heavy (non-hydrogen) atoms. The molecule has 0 aliphatic heterocycles. The van der Waals surface area contributed by atoms with E-state index in [0.29, 0.717) is 18.4 Å². The fourth-order valence-corrected chi connectivity index (χ4v) is 4.03. The molecule has 2 heterocycles. The van der Waals surface area contributed by atoms with Crippen molar-refractivity contribution in [3.05, 3.63) is 30.5 Å². The van der Waals surface area contributed by atoms with Crippen LogP contribution in [0.5, 0.6) is 0 Å². The van der Waals surface area contributed by atoms with Crippen LogP contribution >= 0.6 is 11.8 Å². The van der Waals surface area contributed by atoms with E-state index in [0.717, 1.165) is 40.3 Å². The summed E-state index contributed by atoms with van der Waals surface area (Å²) in [4.78, 5) is 15.5. The van der Waals surface area contributed by atoms with Gasteiger partial charge in [-0.05, 0) is 25.8 Å². The summed E-state index contributed by atoms with van der Waals surface area (Å²) >= 11 is 1.43. The number of carbonyl (C=O) groups is 1. The van der Waals surface area contributed by atoms with Crippen LogP contribution in [0.25, 0.3) is 22.3 Å². The van der Waals surface area contributed by atoms with Crippen LogP contribution in [0.2, 0.25) is 0 Å². The molecule has 0 saturated heterocycles. The number of nitrogens with zero attached hydrogens (tertiary/aromatic N) is 3. The van der Waals surface area contributed by atoms with E-state index in [4.69, 9.17) is 4.74 Å². The molecular formula is C19H23N5O2S. The van der Waals surface area contributed by atoms with Crippen molar-refractivity contribution in [2.75, 3.05) is 19.5 Å². The number of ether oxygens (including phenoxy) is 1. The number of aromatic nitrogens is 4. The quantitative estimate of drug-likeness (QED) is 0.582. The second kappa shape index (κ2) is 7.74. The van der Waals surface area contributed by atoms with Gasteiger partial charge in [0.1, 0.15) is 0 Å². The van der Waals surface area contributed by atoms with Crippen LogP contribution in [-0.2, 0) is 9.53 Å². The Kier molecular flexibility index (Phi) is 5.18. The average Bonchev–Trinajstić information content (AvgIpc) is 3.26. The lowest BCUT2D eigenvalue weighted by molar-refractivity contribution is -0.119. The first-order valence-electron chi connectivity index (χ1n) is 9.10. The lowest BCUT2D eigenvalue weighted by atomic mass is 10.1. The van der Waals surface area contributed by atoms with E-state index in [9.17, 15) is 4.79 Å². The van der Waals surface area contributed by atoms with E-state index in [2.05, 4.69) is 37.2 Å². The number of methoxy groups -OCH3 is 1. The molecule has 142 valence electrons. The zero-order valence-electron chi connectivity index (χ0n) is 15.4. The van der Waals surface area contributed by atoms with Crippen LogP contribution < -0.4 is 5.32 Å². The highest BCUT2D eigenvalue weighted by Gasteiger charge is 2.31. The summed E-state index contributed by atoms with van der Waals surface area (Å²) < 4.78 is 7.24. The van der Waals surface area contributed by atoms with Crippen molar-refractivity contribution < 1.29 is 9.53 Å². The lowest BCUT2D eigenvalue weighted by Gasteiger charge is -2.12. The zero-order valence-corrected chi connectivity index (χ0v) is 16.3. The number of benzene rings is 1. The molecule has 1 amide bonds. The highest BCUT2D eigenvalue weighted by molar-refractivity contribution is 7.99. The van der Waals surface area contributed by atoms with Crippen molar-refractivity contribution in [3.8, 4) is 11.4 Å². The van der Waals surface area contributed by atoms with Gasteiger partial charge >= 0.3 is 0 Å². The van der Waals surface area contributed by atoms with Gasteiger partial charge in [-0.2, -0.15) is 0 Å². The number of hydrogen-bond donors (Lipinski definition) is 2. The summed E-state index contributed by atoms with van der Waals surface area (Å²) in [6, 6.07) is 8.59. The topological polar surface area (TPSA) is 84.8 Å². The van der Waals surface area contributed by atoms with Crippen molar-refractivity contribution in [2.24, 2.45) is 0 Å². The van der Waals surface area contributed by atoms with Crippen LogP contribution in [0.3, 0.4) is 0 Å². The second-order valence-corrected chi connectivity index (χ2v) is 7.81. The van der Waals surface area contributed by atoms with Gasteiger partial charge in [-0.1, -0.05) is 30.0 Å². The summed E-state index contributed by atoms with van der Waals surface area (Å²) in [6.45, 7) is 2.42. The molecule has 2 N–H and O–H groups in total. The maximum atomic E-state index is 12.2.